The highest BCUT2D eigenvalue weighted by Crippen LogP contribution is 2.43. The van der Waals surface area contributed by atoms with Gasteiger partial charge in [-0.15, -0.1) is 0 Å². The third kappa shape index (κ3) is 4.94. The number of nitrogens with zero attached hydrogens (tertiary/aromatic N) is 1. The first-order valence-corrected chi connectivity index (χ1v) is 11.5. The first-order chi connectivity index (χ1) is 16.9. The van der Waals surface area contributed by atoms with Crippen molar-refractivity contribution in [3.05, 3.63) is 101 Å². The van der Waals surface area contributed by atoms with Crippen LogP contribution in [0.1, 0.15) is 43.4 Å². The van der Waals surface area contributed by atoms with E-state index in [1.165, 1.54) is 30.3 Å². The van der Waals surface area contributed by atoms with E-state index in [2.05, 4.69) is 6.92 Å². The Kier molecular flexibility index (Phi) is 7.25. The molecule has 0 aromatic heterocycles. The normalized spacial score (nSPS) is 17.1. The summed E-state index contributed by atoms with van der Waals surface area (Å²) in [5, 5.41) is 11.1. The van der Waals surface area contributed by atoms with Crippen molar-refractivity contribution in [1.29, 1.82) is 0 Å². The molecule has 1 atom stereocenters. The van der Waals surface area contributed by atoms with Gasteiger partial charge in [0.25, 0.3) is 11.7 Å². The molecular weight excluding hydrogens is 452 g/mol. The Hall–Kier alpha value is -4.00. The molecule has 0 bridgehead atoms. The summed E-state index contributed by atoms with van der Waals surface area (Å²) < 4.78 is 34.1. The highest BCUT2D eigenvalue weighted by molar-refractivity contribution is 6.51. The third-order valence-corrected chi connectivity index (χ3v) is 5.89. The van der Waals surface area contributed by atoms with E-state index < -0.39 is 35.1 Å². The summed E-state index contributed by atoms with van der Waals surface area (Å²) in [5.41, 5.74) is 0.274. The second kappa shape index (κ2) is 10.5. The lowest BCUT2D eigenvalue weighted by Gasteiger charge is -2.25. The van der Waals surface area contributed by atoms with Crippen LogP contribution >= 0.6 is 0 Å². The minimum Gasteiger partial charge on any atom is -0.507 e. The molecule has 0 radical (unpaired) electrons. The molecule has 1 unspecified atom stereocenters. The van der Waals surface area contributed by atoms with Crippen molar-refractivity contribution in [3.8, 4) is 5.75 Å². The molecule has 1 fully saturated rings. The predicted octanol–water partition coefficient (Wildman–Crippen LogP) is 6.16. The van der Waals surface area contributed by atoms with Gasteiger partial charge in [0.05, 0.1) is 18.2 Å². The van der Waals surface area contributed by atoms with Crippen LogP contribution in [0.4, 0.5) is 14.5 Å². The molecule has 1 N–H and O–H groups in total. The number of unbranched alkanes of at least 4 members (excludes halogenated alkanes) is 2. The van der Waals surface area contributed by atoms with Crippen LogP contribution in [0.15, 0.2) is 78.4 Å². The van der Waals surface area contributed by atoms with Crippen LogP contribution in [-0.4, -0.2) is 23.4 Å². The van der Waals surface area contributed by atoms with Crippen LogP contribution in [0.2, 0.25) is 0 Å². The maximum Gasteiger partial charge on any atom is 0.300 e. The summed E-state index contributed by atoms with van der Waals surface area (Å²) in [6, 6.07) is 15.9. The molecule has 1 aliphatic heterocycles. The molecule has 0 saturated carbocycles. The van der Waals surface area contributed by atoms with E-state index in [0.717, 1.165) is 36.3 Å². The summed E-state index contributed by atoms with van der Waals surface area (Å²) in [7, 11) is 0. The topological polar surface area (TPSA) is 66.8 Å². The zero-order valence-corrected chi connectivity index (χ0v) is 19.2. The van der Waals surface area contributed by atoms with E-state index >= 15 is 0 Å². The van der Waals surface area contributed by atoms with Crippen molar-refractivity contribution in [3.63, 3.8) is 0 Å². The number of rotatable bonds is 8. The van der Waals surface area contributed by atoms with Crippen LogP contribution in [0.5, 0.6) is 5.75 Å². The second-order valence-corrected chi connectivity index (χ2v) is 8.25. The molecule has 4 rings (SSSR count). The van der Waals surface area contributed by atoms with Gasteiger partial charge in [0, 0.05) is 16.8 Å². The number of carbonyl (C=O) groups excluding carboxylic acids is 2. The molecule has 1 saturated heterocycles. The van der Waals surface area contributed by atoms with Gasteiger partial charge >= 0.3 is 0 Å². The Bertz CT molecular complexity index is 1250. The van der Waals surface area contributed by atoms with Crippen molar-refractivity contribution < 1.29 is 28.2 Å². The van der Waals surface area contributed by atoms with E-state index in [4.69, 9.17) is 4.74 Å². The van der Waals surface area contributed by atoms with E-state index in [-0.39, 0.29) is 22.4 Å². The molecule has 35 heavy (non-hydrogen) atoms. The molecule has 3 aromatic rings. The summed E-state index contributed by atoms with van der Waals surface area (Å²) >= 11 is 0. The number of anilines is 1. The lowest BCUT2D eigenvalue weighted by Crippen LogP contribution is -2.29. The number of ether oxygens (including phenoxy) is 1. The van der Waals surface area contributed by atoms with E-state index in [0.29, 0.717) is 12.4 Å². The summed E-state index contributed by atoms with van der Waals surface area (Å²) in [6.07, 6.45) is 3.06. The fraction of sp³-hybridized carbons (Fsp3) is 0.214. The van der Waals surface area contributed by atoms with Gasteiger partial charge in [-0.2, -0.15) is 0 Å². The van der Waals surface area contributed by atoms with Gasteiger partial charge in [-0.1, -0.05) is 38.0 Å². The quantitative estimate of drug-likeness (QED) is 0.183. The Morgan fingerprint density at radius 1 is 0.943 bits per heavy atom. The lowest BCUT2D eigenvalue weighted by molar-refractivity contribution is -0.132. The Morgan fingerprint density at radius 3 is 2.29 bits per heavy atom. The summed E-state index contributed by atoms with van der Waals surface area (Å²) in [6.45, 7) is 2.67. The SMILES string of the molecule is CCCCCOc1ccc(/C(O)=C2/C(=O)C(=O)N(c3ccc(F)cc3)C2c2ccccc2F)cc1. The minimum atomic E-state index is -1.23. The van der Waals surface area contributed by atoms with E-state index in [9.17, 15) is 23.5 Å². The Morgan fingerprint density at radius 2 is 1.63 bits per heavy atom. The van der Waals surface area contributed by atoms with Crippen LogP contribution < -0.4 is 9.64 Å². The molecule has 0 aliphatic carbocycles. The molecule has 1 heterocycles. The van der Waals surface area contributed by atoms with Crippen LogP contribution in [0.25, 0.3) is 5.76 Å². The summed E-state index contributed by atoms with van der Waals surface area (Å²) in [4.78, 5) is 27.2. The number of Topliss-reactive ketones (excluding diaryl/α,β-unsaturated/α-hetero) is 1. The van der Waals surface area contributed by atoms with E-state index in [1.807, 2.05) is 0 Å². The molecule has 180 valence electrons. The van der Waals surface area contributed by atoms with Crippen molar-refractivity contribution in [2.75, 3.05) is 11.5 Å². The number of aliphatic hydroxyl groups excluding tert-OH is 1. The van der Waals surface area contributed by atoms with Gasteiger partial charge in [-0.3, -0.25) is 14.5 Å². The number of ketones is 1. The van der Waals surface area contributed by atoms with Crippen LogP contribution in [0.3, 0.4) is 0 Å². The van der Waals surface area contributed by atoms with Crippen molar-refractivity contribution in [2.45, 2.75) is 32.2 Å². The molecule has 1 aliphatic rings. The number of hydrogen-bond donors (Lipinski definition) is 1. The number of aliphatic hydroxyl groups is 1. The zero-order chi connectivity index (χ0) is 24.9. The highest BCUT2D eigenvalue weighted by atomic mass is 19.1. The summed E-state index contributed by atoms with van der Waals surface area (Å²) in [5.74, 6) is -2.89. The van der Waals surface area contributed by atoms with Gasteiger partial charge in [-0.05, 0) is 61.0 Å². The minimum absolute atomic E-state index is 0.0356. The maximum absolute atomic E-state index is 14.9. The number of hydrogen-bond acceptors (Lipinski definition) is 4. The van der Waals surface area contributed by atoms with Crippen LogP contribution in [0, 0.1) is 11.6 Å². The van der Waals surface area contributed by atoms with Gasteiger partial charge in [0.1, 0.15) is 23.1 Å². The molecule has 1 amide bonds. The molecule has 7 heteroatoms. The highest BCUT2D eigenvalue weighted by Gasteiger charge is 2.47. The smallest absolute Gasteiger partial charge is 0.300 e. The van der Waals surface area contributed by atoms with Gasteiger partial charge in [0.15, 0.2) is 0 Å². The largest absolute Gasteiger partial charge is 0.507 e. The van der Waals surface area contributed by atoms with E-state index in [1.54, 1.807) is 30.3 Å². The average molecular weight is 478 g/mol. The average Bonchev–Trinajstić information content (AvgIpc) is 3.13. The van der Waals surface area contributed by atoms with Gasteiger partial charge < -0.3 is 9.84 Å². The fourth-order valence-corrected chi connectivity index (χ4v) is 4.10. The first kappa shape index (κ1) is 24.1. The standard InChI is InChI=1S/C28H25F2NO4/c1-2-3-6-17-35-21-15-9-18(10-16-21)26(32)24-25(22-7-4-5-8-23(22)30)31(28(34)27(24)33)20-13-11-19(29)12-14-20/h4-5,7-16,25,32H,2-3,6,17H2,1H3/b26-24-. The number of carbonyl (C=O) groups is 2. The molecular formula is C28H25F2NO4. The van der Waals surface area contributed by atoms with Crippen molar-refractivity contribution in [2.24, 2.45) is 0 Å². The fourth-order valence-electron chi connectivity index (χ4n) is 4.10. The zero-order valence-electron chi connectivity index (χ0n) is 19.2. The lowest BCUT2D eigenvalue weighted by atomic mass is 9.94. The van der Waals surface area contributed by atoms with Gasteiger partial charge in [0.2, 0.25) is 0 Å². The first-order valence-electron chi connectivity index (χ1n) is 11.5. The van der Waals surface area contributed by atoms with Crippen molar-refractivity contribution in [1.82, 2.24) is 0 Å². The Labute approximate surface area is 202 Å². The number of benzene rings is 3. The Balaban J connectivity index is 1.76. The second-order valence-electron chi connectivity index (χ2n) is 8.25. The van der Waals surface area contributed by atoms with Gasteiger partial charge in [-0.25, -0.2) is 8.78 Å². The van der Waals surface area contributed by atoms with Crippen LogP contribution in [-0.2, 0) is 9.59 Å². The maximum atomic E-state index is 14.9. The molecule has 3 aromatic carbocycles. The monoisotopic (exact) mass is 477 g/mol. The van der Waals surface area contributed by atoms with Crippen molar-refractivity contribution >= 4 is 23.1 Å². The number of amides is 1. The predicted molar refractivity (Wildman–Crippen MR) is 129 cm³/mol. The number of halogens is 2. The molecule has 0 spiro atoms. The third-order valence-electron chi connectivity index (χ3n) is 5.89. The molecule has 5 nitrogen and oxygen atoms in total.